The zero-order valence-corrected chi connectivity index (χ0v) is 9.49. The molecule has 0 amide bonds. The molecule has 1 unspecified atom stereocenters. The Balaban J connectivity index is 2.28. The SMILES string of the molecule is Cc1ccc(C)c(C(CN)C2COC2)c1. The molecule has 1 heterocycles. The summed E-state index contributed by atoms with van der Waals surface area (Å²) in [6.45, 7) is 6.76. The van der Waals surface area contributed by atoms with Crippen LogP contribution < -0.4 is 5.73 Å². The van der Waals surface area contributed by atoms with Crippen molar-refractivity contribution in [3.63, 3.8) is 0 Å². The van der Waals surface area contributed by atoms with Crippen LogP contribution in [0, 0.1) is 19.8 Å². The van der Waals surface area contributed by atoms with Gasteiger partial charge in [-0.2, -0.15) is 0 Å². The van der Waals surface area contributed by atoms with Gasteiger partial charge in [-0.15, -0.1) is 0 Å². The van der Waals surface area contributed by atoms with Crippen LogP contribution in [0.15, 0.2) is 18.2 Å². The normalized spacial score (nSPS) is 18.6. The molecule has 1 aromatic carbocycles. The summed E-state index contributed by atoms with van der Waals surface area (Å²) in [5, 5.41) is 0. The van der Waals surface area contributed by atoms with Crippen molar-refractivity contribution < 1.29 is 4.74 Å². The van der Waals surface area contributed by atoms with E-state index in [2.05, 4.69) is 32.0 Å². The van der Waals surface area contributed by atoms with Crippen molar-refractivity contribution in [3.05, 3.63) is 34.9 Å². The number of hydrogen-bond donors (Lipinski definition) is 1. The van der Waals surface area contributed by atoms with Gasteiger partial charge in [-0.05, 0) is 31.5 Å². The molecule has 1 saturated heterocycles. The van der Waals surface area contributed by atoms with Gasteiger partial charge in [0.05, 0.1) is 13.2 Å². The monoisotopic (exact) mass is 205 g/mol. The van der Waals surface area contributed by atoms with Gasteiger partial charge < -0.3 is 10.5 Å². The second-order valence-corrected chi connectivity index (χ2v) is 4.50. The molecule has 2 rings (SSSR count). The predicted molar refractivity (Wildman–Crippen MR) is 62.0 cm³/mol. The minimum absolute atomic E-state index is 0.471. The van der Waals surface area contributed by atoms with E-state index in [1.54, 1.807) is 0 Å². The van der Waals surface area contributed by atoms with Crippen LogP contribution in [0.25, 0.3) is 0 Å². The highest BCUT2D eigenvalue weighted by molar-refractivity contribution is 5.34. The predicted octanol–water partition coefficient (Wildman–Crippen LogP) is 1.99. The smallest absolute Gasteiger partial charge is 0.0522 e. The van der Waals surface area contributed by atoms with E-state index in [4.69, 9.17) is 10.5 Å². The van der Waals surface area contributed by atoms with Crippen LogP contribution in [-0.2, 0) is 4.74 Å². The van der Waals surface area contributed by atoms with Crippen LogP contribution in [0.1, 0.15) is 22.6 Å². The molecule has 2 heteroatoms. The van der Waals surface area contributed by atoms with E-state index < -0.39 is 0 Å². The number of benzene rings is 1. The standard InChI is InChI=1S/C13H19NO/c1-9-3-4-10(2)12(5-9)13(6-14)11-7-15-8-11/h3-5,11,13H,6-8,14H2,1-2H3. The fraction of sp³-hybridized carbons (Fsp3) is 0.538. The average molecular weight is 205 g/mol. The topological polar surface area (TPSA) is 35.2 Å². The Hall–Kier alpha value is -0.860. The Morgan fingerprint density at radius 2 is 2.13 bits per heavy atom. The maximum Gasteiger partial charge on any atom is 0.0522 e. The van der Waals surface area contributed by atoms with Gasteiger partial charge in [-0.25, -0.2) is 0 Å². The molecule has 2 N–H and O–H groups in total. The molecule has 0 spiro atoms. The molecule has 0 aromatic heterocycles. The van der Waals surface area contributed by atoms with Crippen LogP contribution in [0.4, 0.5) is 0 Å². The van der Waals surface area contributed by atoms with Crippen molar-refractivity contribution in [2.75, 3.05) is 19.8 Å². The molecule has 1 aliphatic rings. The largest absolute Gasteiger partial charge is 0.381 e. The maximum absolute atomic E-state index is 5.88. The highest BCUT2D eigenvalue weighted by atomic mass is 16.5. The van der Waals surface area contributed by atoms with Crippen LogP contribution in [0.3, 0.4) is 0 Å². The molecular formula is C13H19NO. The molecule has 0 bridgehead atoms. The lowest BCUT2D eigenvalue weighted by molar-refractivity contribution is -0.0438. The Bertz CT molecular complexity index is 344. The Labute approximate surface area is 91.4 Å². The van der Waals surface area contributed by atoms with E-state index >= 15 is 0 Å². The molecule has 1 aliphatic heterocycles. The molecule has 0 saturated carbocycles. The Morgan fingerprint density at radius 3 is 2.67 bits per heavy atom. The Kier molecular flexibility index (Phi) is 3.08. The number of rotatable bonds is 3. The number of ether oxygens (including phenoxy) is 1. The minimum atomic E-state index is 0.471. The lowest BCUT2D eigenvalue weighted by atomic mass is 9.82. The third-order valence-corrected chi connectivity index (χ3v) is 3.32. The van der Waals surface area contributed by atoms with Crippen LogP contribution in [-0.4, -0.2) is 19.8 Å². The zero-order chi connectivity index (χ0) is 10.8. The van der Waals surface area contributed by atoms with Crippen molar-refractivity contribution in [2.45, 2.75) is 19.8 Å². The third-order valence-electron chi connectivity index (χ3n) is 3.32. The molecule has 2 nitrogen and oxygen atoms in total. The second kappa shape index (κ2) is 4.33. The van der Waals surface area contributed by atoms with Gasteiger partial charge in [0.25, 0.3) is 0 Å². The average Bonchev–Trinajstić information content (AvgIpc) is 2.15. The molecule has 1 atom stereocenters. The summed E-state index contributed by atoms with van der Waals surface area (Å²) < 4.78 is 5.25. The van der Waals surface area contributed by atoms with E-state index in [-0.39, 0.29) is 0 Å². The van der Waals surface area contributed by atoms with Crippen LogP contribution in [0.5, 0.6) is 0 Å². The van der Waals surface area contributed by atoms with Crippen molar-refractivity contribution in [1.82, 2.24) is 0 Å². The first-order chi connectivity index (χ1) is 7.22. The summed E-state index contributed by atoms with van der Waals surface area (Å²) >= 11 is 0. The van der Waals surface area contributed by atoms with E-state index in [0.717, 1.165) is 19.8 Å². The molecule has 1 aromatic rings. The lowest BCUT2D eigenvalue weighted by Crippen LogP contribution is -2.36. The summed E-state index contributed by atoms with van der Waals surface area (Å²) in [4.78, 5) is 0. The van der Waals surface area contributed by atoms with Crippen molar-refractivity contribution in [1.29, 1.82) is 0 Å². The first-order valence-electron chi connectivity index (χ1n) is 5.57. The maximum atomic E-state index is 5.88. The lowest BCUT2D eigenvalue weighted by Gasteiger charge is -2.34. The highest BCUT2D eigenvalue weighted by Crippen LogP contribution is 2.31. The van der Waals surface area contributed by atoms with E-state index in [1.165, 1.54) is 16.7 Å². The number of aryl methyl sites for hydroxylation is 2. The Morgan fingerprint density at radius 1 is 1.40 bits per heavy atom. The van der Waals surface area contributed by atoms with Crippen molar-refractivity contribution in [3.8, 4) is 0 Å². The number of nitrogens with two attached hydrogens (primary N) is 1. The van der Waals surface area contributed by atoms with Gasteiger partial charge in [0.1, 0.15) is 0 Å². The quantitative estimate of drug-likeness (QED) is 0.819. The van der Waals surface area contributed by atoms with Crippen LogP contribution >= 0.6 is 0 Å². The highest BCUT2D eigenvalue weighted by Gasteiger charge is 2.29. The minimum Gasteiger partial charge on any atom is -0.381 e. The molecule has 15 heavy (non-hydrogen) atoms. The van der Waals surface area contributed by atoms with Gasteiger partial charge in [0.15, 0.2) is 0 Å². The number of hydrogen-bond acceptors (Lipinski definition) is 2. The van der Waals surface area contributed by atoms with E-state index in [9.17, 15) is 0 Å². The van der Waals surface area contributed by atoms with Gasteiger partial charge >= 0.3 is 0 Å². The molecule has 1 fully saturated rings. The summed E-state index contributed by atoms with van der Waals surface area (Å²) in [5.41, 5.74) is 9.95. The summed E-state index contributed by atoms with van der Waals surface area (Å²) in [6.07, 6.45) is 0. The van der Waals surface area contributed by atoms with E-state index in [1.807, 2.05) is 0 Å². The van der Waals surface area contributed by atoms with Gasteiger partial charge in [-0.1, -0.05) is 23.8 Å². The first kappa shape index (κ1) is 10.7. The van der Waals surface area contributed by atoms with Gasteiger partial charge in [0.2, 0.25) is 0 Å². The first-order valence-corrected chi connectivity index (χ1v) is 5.57. The third kappa shape index (κ3) is 2.06. The van der Waals surface area contributed by atoms with Gasteiger partial charge in [-0.3, -0.25) is 0 Å². The van der Waals surface area contributed by atoms with Gasteiger partial charge in [0, 0.05) is 11.8 Å². The summed E-state index contributed by atoms with van der Waals surface area (Å²) in [7, 11) is 0. The zero-order valence-electron chi connectivity index (χ0n) is 9.49. The van der Waals surface area contributed by atoms with E-state index in [0.29, 0.717) is 11.8 Å². The molecular weight excluding hydrogens is 186 g/mol. The summed E-state index contributed by atoms with van der Waals surface area (Å²) in [6, 6.07) is 6.61. The molecule has 0 radical (unpaired) electrons. The van der Waals surface area contributed by atoms with Crippen molar-refractivity contribution in [2.24, 2.45) is 11.7 Å². The second-order valence-electron chi connectivity index (χ2n) is 4.50. The fourth-order valence-corrected chi connectivity index (χ4v) is 2.22. The molecule has 0 aliphatic carbocycles. The van der Waals surface area contributed by atoms with Crippen LogP contribution in [0.2, 0.25) is 0 Å². The molecule has 82 valence electrons. The summed E-state index contributed by atoms with van der Waals surface area (Å²) in [5.74, 6) is 1.09. The van der Waals surface area contributed by atoms with Crippen molar-refractivity contribution >= 4 is 0 Å². The fourth-order valence-electron chi connectivity index (χ4n) is 2.22.